The monoisotopic (exact) mass is 306 g/mol. The van der Waals surface area contributed by atoms with E-state index < -0.39 is 17.6 Å². The summed E-state index contributed by atoms with van der Waals surface area (Å²) in [5.74, 6) is -1.25. The van der Waals surface area contributed by atoms with Crippen LogP contribution in [0.4, 0.5) is 17.6 Å². The van der Waals surface area contributed by atoms with Crippen LogP contribution >= 0.6 is 0 Å². The van der Waals surface area contributed by atoms with Crippen molar-refractivity contribution in [3.05, 3.63) is 35.1 Å². The number of benzene rings is 1. The van der Waals surface area contributed by atoms with Gasteiger partial charge in [-0.15, -0.1) is 0 Å². The van der Waals surface area contributed by atoms with Crippen molar-refractivity contribution in [2.45, 2.75) is 58.2 Å². The van der Waals surface area contributed by atoms with E-state index in [1.54, 1.807) is 0 Å². The number of hydrogen-bond donors (Lipinski definition) is 0. The highest BCUT2D eigenvalue weighted by Crippen LogP contribution is 2.31. The summed E-state index contributed by atoms with van der Waals surface area (Å²) in [5.41, 5.74) is -0.811. The fourth-order valence-corrected chi connectivity index (χ4v) is 2.05. The summed E-state index contributed by atoms with van der Waals surface area (Å²) in [6.07, 6.45) is 2.20. The fraction of sp³-hybridized carbons (Fsp3) is 0.625. The van der Waals surface area contributed by atoms with Crippen molar-refractivity contribution in [2.75, 3.05) is 6.61 Å². The van der Waals surface area contributed by atoms with Crippen LogP contribution in [0.3, 0.4) is 0 Å². The van der Waals surface area contributed by atoms with Crippen molar-refractivity contribution in [1.82, 2.24) is 0 Å². The molecule has 1 aromatic carbocycles. The van der Waals surface area contributed by atoms with Crippen molar-refractivity contribution >= 4 is 0 Å². The Morgan fingerprint density at radius 3 is 2.29 bits per heavy atom. The Bertz CT molecular complexity index is 415. The average Bonchev–Trinajstić information content (AvgIpc) is 2.40. The zero-order valence-electron chi connectivity index (χ0n) is 12.3. The highest BCUT2D eigenvalue weighted by molar-refractivity contribution is 5.26. The minimum absolute atomic E-state index is 0.143. The second kappa shape index (κ2) is 9.03. The normalized spacial score (nSPS) is 11.9. The predicted octanol–water partition coefficient (Wildman–Crippen LogP) is 5.72. The summed E-state index contributed by atoms with van der Waals surface area (Å²) in [7, 11) is 0. The molecule has 0 spiro atoms. The third kappa shape index (κ3) is 6.93. The molecule has 0 bridgehead atoms. The maximum Gasteiger partial charge on any atom is 0.419 e. The van der Waals surface area contributed by atoms with E-state index in [1.807, 2.05) is 0 Å². The lowest BCUT2D eigenvalue weighted by atomic mass is 10.1. The van der Waals surface area contributed by atoms with Crippen LogP contribution in [0.5, 0.6) is 0 Å². The van der Waals surface area contributed by atoms with Gasteiger partial charge in [-0.25, -0.2) is 4.39 Å². The van der Waals surface area contributed by atoms with Crippen LogP contribution in [0.2, 0.25) is 0 Å². The van der Waals surface area contributed by atoms with E-state index in [0.29, 0.717) is 12.2 Å². The van der Waals surface area contributed by atoms with Crippen LogP contribution < -0.4 is 0 Å². The molecule has 0 N–H and O–H groups in total. The van der Waals surface area contributed by atoms with Gasteiger partial charge in [-0.05, 0) is 24.1 Å². The van der Waals surface area contributed by atoms with E-state index in [1.165, 1.54) is 31.7 Å². The molecule has 0 amide bonds. The van der Waals surface area contributed by atoms with Crippen molar-refractivity contribution in [3.63, 3.8) is 0 Å². The predicted molar refractivity (Wildman–Crippen MR) is 74.4 cm³/mol. The molecular formula is C16H22F4O. The van der Waals surface area contributed by atoms with Crippen molar-refractivity contribution in [2.24, 2.45) is 0 Å². The Labute approximate surface area is 123 Å². The first-order valence-corrected chi connectivity index (χ1v) is 7.38. The molecule has 0 atom stereocenters. The molecule has 0 heterocycles. The number of halogens is 4. The molecule has 0 aliphatic heterocycles. The highest BCUT2D eigenvalue weighted by Gasteiger charge is 2.33. The molecule has 21 heavy (non-hydrogen) atoms. The summed E-state index contributed by atoms with van der Waals surface area (Å²) in [6.45, 7) is 2.85. The van der Waals surface area contributed by atoms with Crippen LogP contribution in [0, 0.1) is 5.82 Å². The van der Waals surface area contributed by atoms with Gasteiger partial charge in [-0.3, -0.25) is 0 Å². The van der Waals surface area contributed by atoms with Gasteiger partial charge in [0.05, 0.1) is 12.2 Å². The van der Waals surface area contributed by atoms with Gasteiger partial charge in [0.25, 0.3) is 0 Å². The van der Waals surface area contributed by atoms with Crippen LogP contribution in [0.1, 0.15) is 56.6 Å². The van der Waals surface area contributed by atoms with E-state index in [0.717, 1.165) is 25.0 Å². The van der Waals surface area contributed by atoms with Crippen LogP contribution in [-0.2, 0) is 17.5 Å². The van der Waals surface area contributed by atoms with Gasteiger partial charge in [0.15, 0.2) is 0 Å². The van der Waals surface area contributed by atoms with E-state index in [4.69, 9.17) is 4.74 Å². The van der Waals surface area contributed by atoms with Gasteiger partial charge in [0.1, 0.15) is 5.82 Å². The molecule has 0 aliphatic rings. The summed E-state index contributed by atoms with van der Waals surface area (Å²) >= 11 is 0. The molecule has 1 rings (SSSR count). The average molecular weight is 306 g/mol. The van der Waals surface area contributed by atoms with Crippen molar-refractivity contribution in [3.8, 4) is 0 Å². The zero-order valence-corrected chi connectivity index (χ0v) is 12.3. The van der Waals surface area contributed by atoms with Gasteiger partial charge >= 0.3 is 6.18 Å². The fourth-order valence-electron chi connectivity index (χ4n) is 2.05. The van der Waals surface area contributed by atoms with E-state index in [2.05, 4.69) is 6.92 Å². The maximum atomic E-state index is 13.3. The molecule has 5 heteroatoms. The maximum absolute atomic E-state index is 13.3. The zero-order chi connectivity index (χ0) is 15.7. The first-order chi connectivity index (χ1) is 9.95. The number of alkyl halides is 3. The van der Waals surface area contributed by atoms with Crippen LogP contribution in [-0.4, -0.2) is 6.61 Å². The lowest BCUT2D eigenvalue weighted by molar-refractivity contribution is -0.140. The lowest BCUT2D eigenvalue weighted by Gasteiger charge is -2.10. The molecule has 1 nitrogen and oxygen atoms in total. The van der Waals surface area contributed by atoms with Gasteiger partial charge in [-0.1, -0.05) is 45.1 Å². The van der Waals surface area contributed by atoms with Gasteiger partial charge < -0.3 is 4.74 Å². The van der Waals surface area contributed by atoms with Gasteiger partial charge in [0.2, 0.25) is 0 Å². The minimum Gasteiger partial charge on any atom is -0.377 e. The lowest BCUT2D eigenvalue weighted by Crippen LogP contribution is -2.08. The largest absolute Gasteiger partial charge is 0.419 e. The number of hydrogen-bond acceptors (Lipinski definition) is 1. The first-order valence-electron chi connectivity index (χ1n) is 7.38. The molecule has 120 valence electrons. The Morgan fingerprint density at radius 2 is 1.67 bits per heavy atom. The number of ether oxygens (including phenoxy) is 1. The molecule has 0 aromatic heterocycles. The Balaban J connectivity index is 2.26. The molecular weight excluding hydrogens is 284 g/mol. The number of rotatable bonds is 9. The third-order valence-corrected chi connectivity index (χ3v) is 3.25. The second-order valence-electron chi connectivity index (χ2n) is 5.13. The molecule has 0 radical (unpaired) electrons. The molecule has 0 unspecified atom stereocenters. The molecule has 0 fully saturated rings. The molecule has 1 aromatic rings. The van der Waals surface area contributed by atoms with Crippen LogP contribution in [0.25, 0.3) is 0 Å². The van der Waals surface area contributed by atoms with Crippen molar-refractivity contribution in [1.29, 1.82) is 0 Å². The second-order valence-corrected chi connectivity index (χ2v) is 5.13. The molecule has 0 aliphatic carbocycles. The van der Waals surface area contributed by atoms with Crippen LogP contribution in [0.15, 0.2) is 18.2 Å². The molecule has 0 saturated carbocycles. The summed E-state index contributed by atoms with van der Waals surface area (Å²) in [4.78, 5) is 0. The Hall–Kier alpha value is -1.10. The van der Waals surface area contributed by atoms with E-state index >= 15 is 0 Å². The smallest absolute Gasteiger partial charge is 0.377 e. The molecule has 0 saturated heterocycles. The van der Waals surface area contributed by atoms with Gasteiger partial charge in [-0.2, -0.15) is 13.2 Å². The summed E-state index contributed by atoms with van der Waals surface area (Å²) in [6, 6.07) is 2.91. The standard InChI is InChI=1S/C16H22F4O/c1-2-3-4-5-6-7-10-21-12-13-8-9-14(15(17)11-13)16(18,19)20/h8-9,11H,2-7,10,12H2,1H3. The van der Waals surface area contributed by atoms with Crippen molar-refractivity contribution < 1.29 is 22.3 Å². The Kier molecular flexibility index (Phi) is 7.72. The van der Waals surface area contributed by atoms with E-state index in [9.17, 15) is 17.6 Å². The Morgan fingerprint density at radius 1 is 1.00 bits per heavy atom. The van der Waals surface area contributed by atoms with E-state index in [-0.39, 0.29) is 6.61 Å². The topological polar surface area (TPSA) is 9.23 Å². The minimum atomic E-state index is -4.65. The number of unbranched alkanes of at least 4 members (excludes halogenated alkanes) is 5. The third-order valence-electron chi connectivity index (χ3n) is 3.25. The first kappa shape index (κ1) is 18.0. The van der Waals surface area contributed by atoms with Gasteiger partial charge in [0, 0.05) is 6.61 Å². The summed E-state index contributed by atoms with van der Waals surface area (Å²) in [5, 5.41) is 0. The SMILES string of the molecule is CCCCCCCCOCc1ccc(C(F)(F)F)c(F)c1. The summed E-state index contributed by atoms with van der Waals surface area (Å²) < 4.78 is 55.8. The highest BCUT2D eigenvalue weighted by atomic mass is 19.4. The quantitative estimate of drug-likeness (QED) is 0.418.